The average Bonchev–Trinajstić information content (AvgIpc) is 2.45. The fourth-order valence-corrected chi connectivity index (χ4v) is 1.64. The zero-order valence-electron chi connectivity index (χ0n) is 12.4. The molecule has 5 heteroatoms. The van der Waals surface area contributed by atoms with Crippen molar-refractivity contribution in [1.82, 2.24) is 0 Å². The Bertz CT molecular complexity index is 267. The van der Waals surface area contributed by atoms with Crippen molar-refractivity contribution in [1.29, 1.82) is 0 Å². The first-order valence-electron chi connectivity index (χ1n) is 6.59. The third-order valence-corrected chi connectivity index (χ3v) is 3.36. The minimum absolute atomic E-state index is 0.311. The average molecular weight is 256 g/mol. The zero-order valence-corrected chi connectivity index (χ0v) is 12.4. The summed E-state index contributed by atoms with van der Waals surface area (Å²) in [5.41, 5.74) is -0.622. The lowest BCUT2D eigenvalue weighted by Crippen LogP contribution is -2.41. The van der Waals surface area contributed by atoms with Gasteiger partial charge in [0.15, 0.2) is 6.29 Å². The molecule has 18 heavy (non-hydrogen) atoms. The van der Waals surface area contributed by atoms with E-state index in [0.29, 0.717) is 13.2 Å². The molecule has 1 saturated heterocycles. The molecule has 0 radical (unpaired) electrons. The molecule has 0 saturated carbocycles. The van der Waals surface area contributed by atoms with E-state index >= 15 is 0 Å². The molecule has 0 aromatic heterocycles. The molecular weight excluding hydrogens is 231 g/mol. The van der Waals surface area contributed by atoms with Gasteiger partial charge in [-0.2, -0.15) is 0 Å². The topological polar surface area (TPSA) is 36.9 Å². The maximum Gasteiger partial charge on any atom is 0.486 e. The molecule has 0 N–H and O–H groups in total. The molecule has 4 nitrogen and oxygen atoms in total. The van der Waals surface area contributed by atoms with Gasteiger partial charge in [-0.1, -0.05) is 5.98 Å². The van der Waals surface area contributed by atoms with Crippen LogP contribution >= 0.6 is 0 Å². The standard InChI is InChI=1S/C13H25BO4/c1-7-15-11(16-8-2)9-10-14-17-12(3,4)13(5,6)18-14/h9-11H,7-8H2,1-6H3. The first kappa shape index (κ1) is 15.7. The van der Waals surface area contributed by atoms with Crippen molar-refractivity contribution in [3.05, 3.63) is 12.1 Å². The van der Waals surface area contributed by atoms with Gasteiger partial charge in [0.1, 0.15) is 0 Å². The van der Waals surface area contributed by atoms with Gasteiger partial charge < -0.3 is 18.8 Å². The van der Waals surface area contributed by atoms with Crippen molar-refractivity contribution in [2.75, 3.05) is 13.2 Å². The van der Waals surface area contributed by atoms with Gasteiger partial charge in [0.25, 0.3) is 0 Å². The minimum Gasteiger partial charge on any atom is -0.400 e. The Hall–Kier alpha value is -0.355. The van der Waals surface area contributed by atoms with Gasteiger partial charge in [0.2, 0.25) is 0 Å². The van der Waals surface area contributed by atoms with E-state index in [4.69, 9.17) is 18.8 Å². The van der Waals surface area contributed by atoms with Crippen molar-refractivity contribution < 1.29 is 18.8 Å². The van der Waals surface area contributed by atoms with Crippen LogP contribution in [0.2, 0.25) is 0 Å². The summed E-state index contributed by atoms with van der Waals surface area (Å²) in [5, 5.41) is 0. The summed E-state index contributed by atoms with van der Waals surface area (Å²) in [4.78, 5) is 0. The molecule has 0 amide bonds. The normalized spacial score (nSPS) is 22.3. The predicted octanol–water partition coefficient (Wildman–Crippen LogP) is 2.57. The Morgan fingerprint density at radius 1 is 1.00 bits per heavy atom. The van der Waals surface area contributed by atoms with Gasteiger partial charge in [0.05, 0.1) is 11.2 Å². The maximum absolute atomic E-state index is 5.85. The molecule has 0 aromatic rings. The van der Waals surface area contributed by atoms with Crippen LogP contribution < -0.4 is 0 Å². The van der Waals surface area contributed by atoms with Gasteiger partial charge in [-0.05, 0) is 47.6 Å². The molecule has 0 spiro atoms. The SMILES string of the molecule is CCOC(C=CB1OC(C)(C)C(C)(C)O1)OCC. The Kier molecular flexibility index (Phi) is 5.40. The first-order valence-corrected chi connectivity index (χ1v) is 6.59. The highest BCUT2D eigenvalue weighted by molar-refractivity contribution is 6.51. The van der Waals surface area contributed by atoms with Crippen LogP contribution in [-0.2, 0) is 18.8 Å². The summed E-state index contributed by atoms with van der Waals surface area (Å²) in [6.07, 6.45) is 1.51. The summed E-state index contributed by atoms with van der Waals surface area (Å²) in [7, 11) is -0.349. The molecule has 0 bridgehead atoms. The van der Waals surface area contributed by atoms with Crippen molar-refractivity contribution in [2.45, 2.75) is 59.0 Å². The third kappa shape index (κ3) is 3.82. The molecule has 1 rings (SSSR count). The minimum atomic E-state index is -0.349. The zero-order chi connectivity index (χ0) is 13.8. The smallest absolute Gasteiger partial charge is 0.400 e. The molecule has 0 aromatic carbocycles. The van der Waals surface area contributed by atoms with Crippen LogP contribution in [-0.4, -0.2) is 37.8 Å². The van der Waals surface area contributed by atoms with E-state index in [-0.39, 0.29) is 24.6 Å². The molecule has 1 aliphatic rings. The largest absolute Gasteiger partial charge is 0.486 e. The van der Waals surface area contributed by atoms with Gasteiger partial charge >= 0.3 is 7.12 Å². The summed E-state index contributed by atoms with van der Waals surface area (Å²) in [6.45, 7) is 13.2. The lowest BCUT2D eigenvalue weighted by molar-refractivity contribution is -0.103. The second-order valence-electron chi connectivity index (χ2n) is 5.29. The Morgan fingerprint density at radius 3 is 1.83 bits per heavy atom. The van der Waals surface area contributed by atoms with E-state index in [1.165, 1.54) is 0 Å². The molecule has 0 atom stereocenters. The molecule has 1 heterocycles. The van der Waals surface area contributed by atoms with Gasteiger partial charge in [-0.15, -0.1) is 0 Å². The Morgan fingerprint density at radius 2 is 1.44 bits per heavy atom. The van der Waals surface area contributed by atoms with E-state index in [0.717, 1.165) is 0 Å². The fourth-order valence-electron chi connectivity index (χ4n) is 1.64. The highest BCUT2D eigenvalue weighted by Gasteiger charge is 2.50. The molecule has 1 fully saturated rings. The summed E-state index contributed by atoms with van der Waals surface area (Å²) < 4.78 is 22.6. The van der Waals surface area contributed by atoms with Crippen LogP contribution in [0.5, 0.6) is 0 Å². The lowest BCUT2D eigenvalue weighted by atomic mass is 9.90. The fraction of sp³-hybridized carbons (Fsp3) is 0.846. The summed E-state index contributed by atoms with van der Waals surface area (Å²) in [5.74, 6) is 1.85. The third-order valence-electron chi connectivity index (χ3n) is 3.36. The quantitative estimate of drug-likeness (QED) is 0.540. The van der Waals surface area contributed by atoms with Crippen molar-refractivity contribution in [3.8, 4) is 0 Å². The highest BCUT2D eigenvalue weighted by atomic mass is 16.7. The van der Waals surface area contributed by atoms with Crippen molar-refractivity contribution in [2.24, 2.45) is 0 Å². The van der Waals surface area contributed by atoms with Crippen LogP contribution in [0.4, 0.5) is 0 Å². The maximum atomic E-state index is 5.85. The first-order chi connectivity index (χ1) is 8.32. The van der Waals surface area contributed by atoms with Crippen LogP contribution in [0, 0.1) is 0 Å². The molecule has 0 aliphatic carbocycles. The van der Waals surface area contributed by atoms with E-state index in [1.807, 2.05) is 53.6 Å². The molecule has 104 valence electrons. The van der Waals surface area contributed by atoms with Gasteiger partial charge in [-0.3, -0.25) is 0 Å². The van der Waals surface area contributed by atoms with E-state index in [2.05, 4.69) is 0 Å². The van der Waals surface area contributed by atoms with E-state index < -0.39 is 0 Å². The lowest BCUT2D eigenvalue weighted by Gasteiger charge is -2.32. The Labute approximate surface area is 111 Å². The number of hydrogen-bond acceptors (Lipinski definition) is 4. The van der Waals surface area contributed by atoms with E-state index in [9.17, 15) is 0 Å². The summed E-state index contributed by atoms with van der Waals surface area (Å²) >= 11 is 0. The van der Waals surface area contributed by atoms with Crippen molar-refractivity contribution >= 4 is 7.12 Å². The van der Waals surface area contributed by atoms with Crippen LogP contribution in [0.15, 0.2) is 12.1 Å². The van der Waals surface area contributed by atoms with Crippen LogP contribution in [0.25, 0.3) is 0 Å². The molecule has 0 unspecified atom stereocenters. The number of ether oxygens (including phenoxy) is 2. The number of rotatable bonds is 6. The highest BCUT2D eigenvalue weighted by Crippen LogP contribution is 2.36. The second kappa shape index (κ2) is 6.19. The van der Waals surface area contributed by atoms with Gasteiger partial charge in [0, 0.05) is 13.2 Å². The van der Waals surface area contributed by atoms with Gasteiger partial charge in [-0.25, -0.2) is 0 Å². The molecule has 1 aliphatic heterocycles. The summed E-state index contributed by atoms with van der Waals surface area (Å²) in [6, 6.07) is 0. The van der Waals surface area contributed by atoms with Crippen LogP contribution in [0.1, 0.15) is 41.5 Å². The predicted molar refractivity (Wildman–Crippen MR) is 72.3 cm³/mol. The van der Waals surface area contributed by atoms with Crippen molar-refractivity contribution in [3.63, 3.8) is 0 Å². The second-order valence-corrected chi connectivity index (χ2v) is 5.29. The Balaban J connectivity index is 2.57. The van der Waals surface area contributed by atoms with E-state index in [1.54, 1.807) is 0 Å². The van der Waals surface area contributed by atoms with Crippen LogP contribution in [0.3, 0.4) is 0 Å². The molecular formula is C13H25BO4. The number of hydrogen-bond donors (Lipinski definition) is 0. The monoisotopic (exact) mass is 256 g/mol.